The molecule has 4 aromatic rings. The molecule has 2 amide bonds. The molecule has 1 heterocycles. The van der Waals surface area contributed by atoms with Gasteiger partial charge in [0.05, 0.1) is 30.1 Å². The van der Waals surface area contributed by atoms with Crippen molar-refractivity contribution in [2.75, 3.05) is 19.0 Å². The average Bonchev–Trinajstić information content (AvgIpc) is 2.92. The molecular formula is C29H30N4O5. The number of unbranched alkanes of at least 4 members (excludes halogenated alkanes) is 1. The highest BCUT2D eigenvalue weighted by Gasteiger charge is 2.17. The Kier molecular flexibility index (Phi) is 8.37. The van der Waals surface area contributed by atoms with Gasteiger partial charge in [0.1, 0.15) is 12.3 Å². The lowest BCUT2D eigenvalue weighted by atomic mass is 10.1. The third kappa shape index (κ3) is 6.00. The highest BCUT2D eigenvalue weighted by Crippen LogP contribution is 2.17. The van der Waals surface area contributed by atoms with Crippen LogP contribution in [0.2, 0.25) is 0 Å². The zero-order chi connectivity index (χ0) is 27.1. The summed E-state index contributed by atoms with van der Waals surface area (Å²) in [5.41, 5.74) is 0.867. The minimum Gasteiger partial charge on any atom is -0.497 e. The fourth-order valence-electron chi connectivity index (χ4n) is 4.16. The molecule has 0 aliphatic rings. The number of amides is 2. The number of fused-ring (bicyclic) bond motifs is 1. The minimum atomic E-state index is -0.639. The van der Waals surface area contributed by atoms with E-state index in [0.29, 0.717) is 34.6 Å². The summed E-state index contributed by atoms with van der Waals surface area (Å²) in [6, 6.07) is 20.3. The van der Waals surface area contributed by atoms with Gasteiger partial charge >= 0.3 is 5.69 Å². The lowest BCUT2D eigenvalue weighted by Crippen LogP contribution is -2.40. The van der Waals surface area contributed by atoms with Crippen LogP contribution in [0.25, 0.3) is 16.6 Å². The second-order valence-electron chi connectivity index (χ2n) is 8.85. The summed E-state index contributed by atoms with van der Waals surface area (Å²) in [6.45, 7) is 2.39. The molecule has 2 N–H and O–H groups in total. The minimum absolute atomic E-state index is 0.0847. The number of hydrogen-bond acceptors (Lipinski definition) is 5. The molecular weight excluding hydrogens is 484 g/mol. The van der Waals surface area contributed by atoms with Gasteiger partial charge in [-0.1, -0.05) is 43.7 Å². The van der Waals surface area contributed by atoms with Gasteiger partial charge in [0, 0.05) is 18.3 Å². The number of anilines is 1. The Morgan fingerprint density at radius 3 is 2.42 bits per heavy atom. The van der Waals surface area contributed by atoms with Gasteiger partial charge in [-0.15, -0.1) is 0 Å². The second-order valence-corrected chi connectivity index (χ2v) is 8.85. The van der Waals surface area contributed by atoms with Gasteiger partial charge in [0.25, 0.3) is 5.56 Å². The van der Waals surface area contributed by atoms with Crippen LogP contribution in [0.5, 0.6) is 5.75 Å². The summed E-state index contributed by atoms with van der Waals surface area (Å²) >= 11 is 0. The number of nitrogens with one attached hydrogen (secondary N) is 2. The lowest BCUT2D eigenvalue weighted by Gasteiger charge is -2.15. The van der Waals surface area contributed by atoms with Gasteiger partial charge < -0.3 is 15.4 Å². The molecule has 0 aliphatic heterocycles. The zero-order valence-corrected chi connectivity index (χ0v) is 21.4. The van der Waals surface area contributed by atoms with E-state index in [4.69, 9.17) is 4.74 Å². The predicted octanol–water partition coefficient (Wildman–Crippen LogP) is 3.26. The molecule has 0 saturated carbocycles. The van der Waals surface area contributed by atoms with Crippen LogP contribution < -0.4 is 26.6 Å². The number of nitrogens with zero attached hydrogens (tertiary/aromatic N) is 2. The average molecular weight is 515 g/mol. The number of para-hydroxylation sites is 1. The van der Waals surface area contributed by atoms with Crippen molar-refractivity contribution in [3.8, 4) is 11.4 Å². The first kappa shape index (κ1) is 26.4. The maximum Gasteiger partial charge on any atom is 0.336 e. The third-order valence-corrected chi connectivity index (χ3v) is 6.12. The SMILES string of the molecule is CCCCNC(=O)Cc1ccc(-n2c(=O)c3ccccc3n(CC(=O)Nc3cccc(OC)c3)c2=O)cc1. The quantitative estimate of drug-likeness (QED) is 0.316. The second kappa shape index (κ2) is 12.1. The summed E-state index contributed by atoms with van der Waals surface area (Å²) in [5, 5.41) is 5.95. The lowest BCUT2D eigenvalue weighted by molar-refractivity contribution is -0.120. The van der Waals surface area contributed by atoms with E-state index < -0.39 is 17.2 Å². The fourth-order valence-corrected chi connectivity index (χ4v) is 4.16. The number of benzene rings is 3. The highest BCUT2D eigenvalue weighted by atomic mass is 16.5. The van der Waals surface area contributed by atoms with Crippen LogP contribution in [0.4, 0.5) is 5.69 Å². The van der Waals surface area contributed by atoms with Crippen molar-refractivity contribution in [2.45, 2.75) is 32.7 Å². The van der Waals surface area contributed by atoms with Crippen molar-refractivity contribution in [1.29, 1.82) is 0 Å². The van der Waals surface area contributed by atoms with Crippen LogP contribution in [0.1, 0.15) is 25.3 Å². The first-order chi connectivity index (χ1) is 18.4. The Balaban J connectivity index is 1.65. The summed E-state index contributed by atoms with van der Waals surface area (Å²) in [7, 11) is 1.53. The molecule has 4 rings (SSSR count). The number of aromatic nitrogens is 2. The van der Waals surface area contributed by atoms with E-state index in [9.17, 15) is 19.2 Å². The molecule has 9 heteroatoms. The first-order valence-corrected chi connectivity index (χ1v) is 12.5. The van der Waals surface area contributed by atoms with Crippen LogP contribution in [0.3, 0.4) is 0 Å². The van der Waals surface area contributed by atoms with E-state index in [2.05, 4.69) is 17.6 Å². The van der Waals surface area contributed by atoms with E-state index in [0.717, 1.165) is 23.0 Å². The maximum absolute atomic E-state index is 13.6. The van der Waals surface area contributed by atoms with Crippen LogP contribution >= 0.6 is 0 Å². The molecule has 3 aromatic carbocycles. The van der Waals surface area contributed by atoms with Crippen molar-refractivity contribution in [3.05, 3.63) is 99.2 Å². The molecule has 196 valence electrons. The highest BCUT2D eigenvalue weighted by molar-refractivity contribution is 5.92. The third-order valence-electron chi connectivity index (χ3n) is 6.12. The molecule has 0 fully saturated rings. The van der Waals surface area contributed by atoms with Crippen LogP contribution in [-0.2, 0) is 22.6 Å². The molecule has 0 unspecified atom stereocenters. The van der Waals surface area contributed by atoms with Gasteiger partial charge in [-0.3, -0.25) is 19.0 Å². The topological polar surface area (TPSA) is 111 Å². The fraction of sp³-hybridized carbons (Fsp3) is 0.241. The Labute approximate surface area is 219 Å². The predicted molar refractivity (Wildman–Crippen MR) is 147 cm³/mol. The smallest absolute Gasteiger partial charge is 0.336 e. The normalized spacial score (nSPS) is 10.8. The molecule has 0 radical (unpaired) electrons. The van der Waals surface area contributed by atoms with Crippen LogP contribution in [0, 0.1) is 0 Å². The number of carbonyl (C=O) groups excluding carboxylic acids is 2. The van der Waals surface area contributed by atoms with E-state index in [1.807, 2.05) is 0 Å². The molecule has 0 spiro atoms. The van der Waals surface area contributed by atoms with E-state index in [-0.39, 0.29) is 18.9 Å². The monoisotopic (exact) mass is 514 g/mol. The summed E-state index contributed by atoms with van der Waals surface area (Å²) in [6.07, 6.45) is 2.11. The summed E-state index contributed by atoms with van der Waals surface area (Å²) < 4.78 is 7.52. The number of rotatable bonds is 10. The molecule has 1 aromatic heterocycles. The van der Waals surface area contributed by atoms with Crippen LogP contribution in [-0.4, -0.2) is 34.6 Å². The van der Waals surface area contributed by atoms with E-state index >= 15 is 0 Å². The van der Waals surface area contributed by atoms with Gasteiger partial charge in [0.15, 0.2) is 0 Å². The molecule has 0 atom stereocenters. The summed E-state index contributed by atoms with van der Waals surface area (Å²) in [4.78, 5) is 52.0. The summed E-state index contributed by atoms with van der Waals surface area (Å²) in [5.74, 6) is 0.0690. The van der Waals surface area contributed by atoms with E-state index in [1.165, 1.54) is 11.7 Å². The van der Waals surface area contributed by atoms with Crippen molar-refractivity contribution in [1.82, 2.24) is 14.5 Å². The number of ether oxygens (including phenoxy) is 1. The van der Waals surface area contributed by atoms with Gasteiger partial charge in [0.2, 0.25) is 11.8 Å². The number of carbonyl (C=O) groups is 2. The molecule has 9 nitrogen and oxygen atoms in total. The first-order valence-electron chi connectivity index (χ1n) is 12.5. The van der Waals surface area contributed by atoms with Crippen molar-refractivity contribution >= 4 is 28.4 Å². The van der Waals surface area contributed by atoms with Crippen LogP contribution in [0.15, 0.2) is 82.4 Å². The maximum atomic E-state index is 13.6. The standard InChI is InChI=1S/C29H30N4O5/c1-3-4-16-30-26(34)17-20-12-14-22(15-13-20)33-28(36)24-10-5-6-11-25(24)32(29(33)37)19-27(35)31-21-8-7-9-23(18-21)38-2/h5-15,18H,3-4,16-17,19H2,1-2H3,(H,30,34)(H,31,35). The molecule has 0 bridgehead atoms. The zero-order valence-electron chi connectivity index (χ0n) is 21.4. The Hall–Kier alpha value is -4.66. The Morgan fingerprint density at radius 2 is 1.68 bits per heavy atom. The molecule has 0 aliphatic carbocycles. The van der Waals surface area contributed by atoms with Crippen molar-refractivity contribution < 1.29 is 14.3 Å². The number of methoxy groups -OCH3 is 1. The Morgan fingerprint density at radius 1 is 0.921 bits per heavy atom. The van der Waals surface area contributed by atoms with E-state index in [1.54, 1.807) is 72.8 Å². The van der Waals surface area contributed by atoms with Gasteiger partial charge in [-0.05, 0) is 48.4 Å². The Bertz CT molecular complexity index is 1570. The van der Waals surface area contributed by atoms with Gasteiger partial charge in [-0.25, -0.2) is 9.36 Å². The van der Waals surface area contributed by atoms with Crippen molar-refractivity contribution in [2.24, 2.45) is 0 Å². The van der Waals surface area contributed by atoms with Crippen molar-refractivity contribution in [3.63, 3.8) is 0 Å². The number of hydrogen-bond donors (Lipinski definition) is 2. The van der Waals surface area contributed by atoms with Gasteiger partial charge in [-0.2, -0.15) is 0 Å². The molecule has 38 heavy (non-hydrogen) atoms. The molecule has 0 saturated heterocycles. The largest absolute Gasteiger partial charge is 0.497 e.